The van der Waals surface area contributed by atoms with E-state index in [-0.39, 0.29) is 12.0 Å². The lowest BCUT2D eigenvalue weighted by Crippen LogP contribution is -2.28. The van der Waals surface area contributed by atoms with Gasteiger partial charge in [-0.2, -0.15) is 0 Å². The van der Waals surface area contributed by atoms with Crippen molar-refractivity contribution in [3.8, 4) is 0 Å². The quantitative estimate of drug-likeness (QED) is 0.649. The van der Waals surface area contributed by atoms with Crippen molar-refractivity contribution in [1.82, 2.24) is 14.5 Å². The fraction of sp³-hybridized carbons (Fsp3) is 0.500. The van der Waals surface area contributed by atoms with Crippen LogP contribution in [0.15, 0.2) is 29.4 Å². The Bertz CT molecular complexity index is 803. The van der Waals surface area contributed by atoms with Crippen LogP contribution in [0.2, 0.25) is 5.02 Å². The van der Waals surface area contributed by atoms with Gasteiger partial charge in [-0.25, -0.2) is 4.98 Å². The van der Waals surface area contributed by atoms with Crippen molar-refractivity contribution in [3.05, 3.63) is 46.2 Å². The van der Waals surface area contributed by atoms with Crippen molar-refractivity contribution in [1.29, 1.82) is 0 Å². The van der Waals surface area contributed by atoms with Crippen LogP contribution in [0.5, 0.6) is 0 Å². The predicted octanol–water partition coefficient (Wildman–Crippen LogP) is 4.08. The summed E-state index contributed by atoms with van der Waals surface area (Å²) in [5.74, 6) is 0.431. The van der Waals surface area contributed by atoms with E-state index in [2.05, 4.69) is 16.5 Å². The van der Waals surface area contributed by atoms with E-state index in [4.69, 9.17) is 16.3 Å². The molecule has 1 atom stereocenters. The molecule has 1 fully saturated rings. The SMILES string of the molecule is Cc1nc(SCC(=O)N(C)Cc2cccc(Cl)c2)n(CC2CCCO2)c1C. The number of ether oxygens (including phenoxy) is 1. The molecule has 0 spiro atoms. The highest BCUT2D eigenvalue weighted by Gasteiger charge is 2.21. The molecule has 1 unspecified atom stereocenters. The number of hydrogen-bond acceptors (Lipinski definition) is 4. The summed E-state index contributed by atoms with van der Waals surface area (Å²) in [7, 11) is 1.82. The van der Waals surface area contributed by atoms with Gasteiger partial charge in [-0.15, -0.1) is 0 Å². The third-order valence-corrected chi connectivity index (χ3v) is 6.09. The lowest BCUT2D eigenvalue weighted by molar-refractivity contribution is -0.127. The normalized spacial score (nSPS) is 16.7. The summed E-state index contributed by atoms with van der Waals surface area (Å²) in [6.07, 6.45) is 2.45. The Labute approximate surface area is 170 Å². The monoisotopic (exact) mass is 407 g/mol. The first kappa shape index (κ1) is 20.2. The average molecular weight is 408 g/mol. The van der Waals surface area contributed by atoms with Crippen LogP contribution >= 0.6 is 23.4 Å². The van der Waals surface area contributed by atoms with Gasteiger partial charge in [-0.05, 0) is 44.4 Å². The van der Waals surface area contributed by atoms with Crippen LogP contribution in [0, 0.1) is 13.8 Å². The Morgan fingerprint density at radius 1 is 1.44 bits per heavy atom. The van der Waals surface area contributed by atoms with Crippen molar-refractivity contribution in [2.24, 2.45) is 0 Å². The largest absolute Gasteiger partial charge is 0.376 e. The highest BCUT2D eigenvalue weighted by atomic mass is 35.5. The summed E-state index contributed by atoms with van der Waals surface area (Å²) < 4.78 is 7.97. The summed E-state index contributed by atoms with van der Waals surface area (Å²) in [6.45, 7) is 6.28. The lowest BCUT2D eigenvalue weighted by Gasteiger charge is -2.18. The smallest absolute Gasteiger partial charge is 0.233 e. The number of thioether (sulfide) groups is 1. The van der Waals surface area contributed by atoms with Gasteiger partial charge in [0.2, 0.25) is 5.91 Å². The highest BCUT2D eigenvalue weighted by molar-refractivity contribution is 7.99. The van der Waals surface area contributed by atoms with E-state index >= 15 is 0 Å². The van der Waals surface area contributed by atoms with E-state index in [9.17, 15) is 4.79 Å². The van der Waals surface area contributed by atoms with Crippen LogP contribution in [-0.4, -0.2) is 45.9 Å². The van der Waals surface area contributed by atoms with Crippen LogP contribution in [0.25, 0.3) is 0 Å². The molecular weight excluding hydrogens is 382 g/mol. The van der Waals surface area contributed by atoms with Crippen LogP contribution in [0.3, 0.4) is 0 Å². The van der Waals surface area contributed by atoms with Crippen molar-refractivity contribution in [2.75, 3.05) is 19.4 Å². The number of benzene rings is 1. The summed E-state index contributed by atoms with van der Waals surface area (Å²) in [4.78, 5) is 19.0. The van der Waals surface area contributed by atoms with Crippen molar-refractivity contribution < 1.29 is 9.53 Å². The molecular formula is C20H26ClN3O2S. The van der Waals surface area contributed by atoms with Crippen LogP contribution in [-0.2, 0) is 22.6 Å². The minimum absolute atomic E-state index is 0.0712. The molecule has 1 amide bonds. The summed E-state index contributed by atoms with van der Waals surface area (Å²) in [5.41, 5.74) is 3.18. The first-order valence-corrected chi connectivity index (χ1v) is 10.6. The van der Waals surface area contributed by atoms with E-state index < -0.39 is 0 Å². The zero-order chi connectivity index (χ0) is 19.4. The van der Waals surface area contributed by atoms with E-state index in [1.165, 1.54) is 11.8 Å². The zero-order valence-electron chi connectivity index (χ0n) is 16.1. The van der Waals surface area contributed by atoms with Gasteiger partial charge in [-0.3, -0.25) is 4.79 Å². The Balaban J connectivity index is 1.60. The molecule has 2 heterocycles. The van der Waals surface area contributed by atoms with Gasteiger partial charge in [0.25, 0.3) is 0 Å². The van der Waals surface area contributed by atoms with Crippen molar-refractivity contribution in [2.45, 2.75) is 51.0 Å². The topological polar surface area (TPSA) is 47.4 Å². The molecule has 27 heavy (non-hydrogen) atoms. The van der Waals surface area contributed by atoms with Gasteiger partial charge in [0.15, 0.2) is 5.16 Å². The van der Waals surface area contributed by atoms with E-state index in [0.717, 1.165) is 48.1 Å². The first-order chi connectivity index (χ1) is 12.9. The minimum Gasteiger partial charge on any atom is -0.376 e. The van der Waals surface area contributed by atoms with Crippen LogP contribution in [0.4, 0.5) is 0 Å². The molecule has 2 aromatic rings. The average Bonchev–Trinajstić information content (AvgIpc) is 3.23. The molecule has 0 bridgehead atoms. The summed E-state index contributed by atoms with van der Waals surface area (Å²) in [5, 5.41) is 1.58. The van der Waals surface area contributed by atoms with Gasteiger partial charge in [0, 0.05) is 30.9 Å². The fourth-order valence-electron chi connectivity index (χ4n) is 3.17. The lowest BCUT2D eigenvalue weighted by atomic mass is 10.2. The van der Waals surface area contributed by atoms with Gasteiger partial charge in [-0.1, -0.05) is 35.5 Å². The molecule has 1 aromatic carbocycles. The van der Waals surface area contributed by atoms with Crippen molar-refractivity contribution in [3.63, 3.8) is 0 Å². The number of carbonyl (C=O) groups excluding carboxylic acids is 1. The minimum atomic E-state index is 0.0712. The third-order valence-electron chi connectivity index (χ3n) is 4.89. The fourth-order valence-corrected chi connectivity index (χ4v) is 4.43. The standard InChI is InChI=1S/C20H26ClN3O2S/c1-14-15(2)24(12-18-8-5-9-26-18)20(22-14)27-13-19(25)23(3)11-16-6-4-7-17(21)10-16/h4,6-7,10,18H,5,8-9,11-13H2,1-3H3. The molecule has 3 rings (SSSR count). The van der Waals surface area contributed by atoms with E-state index in [0.29, 0.717) is 17.3 Å². The molecule has 146 valence electrons. The Morgan fingerprint density at radius 3 is 2.96 bits per heavy atom. The summed E-state index contributed by atoms with van der Waals surface area (Å²) >= 11 is 7.52. The molecule has 1 aliphatic heterocycles. The maximum absolute atomic E-state index is 12.6. The van der Waals surface area contributed by atoms with Crippen molar-refractivity contribution >= 4 is 29.3 Å². The Hall–Kier alpha value is -1.50. The number of nitrogens with zero attached hydrogens (tertiary/aromatic N) is 3. The van der Waals surface area contributed by atoms with E-state index in [1.807, 2.05) is 38.2 Å². The third kappa shape index (κ3) is 5.27. The number of imidazole rings is 1. The number of aryl methyl sites for hydroxylation is 1. The number of aromatic nitrogens is 2. The maximum Gasteiger partial charge on any atom is 0.233 e. The highest BCUT2D eigenvalue weighted by Crippen LogP contribution is 2.24. The molecule has 1 saturated heterocycles. The van der Waals surface area contributed by atoms with Gasteiger partial charge >= 0.3 is 0 Å². The number of amides is 1. The second kappa shape index (κ2) is 9.13. The second-order valence-corrected chi connectivity index (χ2v) is 8.36. The molecule has 0 aliphatic carbocycles. The molecule has 1 aromatic heterocycles. The zero-order valence-corrected chi connectivity index (χ0v) is 17.6. The van der Waals surface area contributed by atoms with E-state index in [1.54, 1.807) is 4.90 Å². The molecule has 5 nitrogen and oxygen atoms in total. The van der Waals surface area contributed by atoms with Crippen LogP contribution < -0.4 is 0 Å². The number of rotatable bonds is 7. The first-order valence-electron chi connectivity index (χ1n) is 9.20. The Morgan fingerprint density at radius 2 is 2.26 bits per heavy atom. The molecule has 0 N–H and O–H groups in total. The van der Waals surface area contributed by atoms with Crippen LogP contribution in [0.1, 0.15) is 29.8 Å². The Kier molecular flexibility index (Phi) is 6.84. The van der Waals surface area contributed by atoms with Gasteiger partial charge < -0.3 is 14.2 Å². The number of halogens is 1. The molecule has 0 radical (unpaired) electrons. The molecule has 7 heteroatoms. The maximum atomic E-state index is 12.6. The summed E-state index contributed by atoms with van der Waals surface area (Å²) in [6, 6.07) is 7.60. The van der Waals surface area contributed by atoms with Gasteiger partial charge in [0.1, 0.15) is 0 Å². The molecule has 1 aliphatic rings. The number of hydrogen-bond donors (Lipinski definition) is 0. The second-order valence-electron chi connectivity index (χ2n) is 6.98. The van der Waals surface area contributed by atoms with Gasteiger partial charge in [0.05, 0.1) is 24.1 Å². The number of carbonyl (C=O) groups is 1. The molecule has 0 saturated carbocycles. The predicted molar refractivity (Wildman–Crippen MR) is 109 cm³/mol.